The molecule has 1 aliphatic heterocycles. The summed E-state index contributed by atoms with van der Waals surface area (Å²) in [7, 11) is -0.236. The van der Waals surface area contributed by atoms with Gasteiger partial charge < -0.3 is 15.0 Å². The van der Waals surface area contributed by atoms with E-state index < -0.39 is 0 Å². The molecule has 1 saturated carbocycles. The molecule has 1 heterocycles. The van der Waals surface area contributed by atoms with E-state index in [2.05, 4.69) is 41.5 Å². The van der Waals surface area contributed by atoms with Crippen LogP contribution in [0.5, 0.6) is 0 Å². The fourth-order valence-electron chi connectivity index (χ4n) is 3.53. The predicted octanol–water partition coefficient (Wildman–Crippen LogP) is 3.41. The van der Waals surface area contributed by atoms with Crippen LogP contribution in [0, 0.1) is 17.3 Å². The molecule has 0 bridgehead atoms. The highest BCUT2D eigenvalue weighted by Gasteiger charge is 2.50. The van der Waals surface area contributed by atoms with E-state index in [1.54, 1.807) is 0 Å². The van der Waals surface area contributed by atoms with Gasteiger partial charge in [0.05, 0.1) is 11.7 Å². The van der Waals surface area contributed by atoms with Gasteiger partial charge in [-0.2, -0.15) is 0 Å². The Morgan fingerprint density at radius 1 is 1.25 bits per heavy atom. The highest BCUT2D eigenvalue weighted by Crippen LogP contribution is 2.50. The quantitative estimate of drug-likeness (QED) is 0.785. The average molecular weight is 281 g/mol. The molecule has 2 rings (SSSR count). The minimum Gasteiger partial charge on any atom is -0.404 e. The SMILES string of the molecule is CC(C)C[C@H](N)B1O[C@H](C[C@@H]2CCC2(C)C)C(C)(C)O1. The summed E-state index contributed by atoms with van der Waals surface area (Å²) in [6, 6.07) is 0. The molecule has 116 valence electrons. The Morgan fingerprint density at radius 3 is 2.35 bits per heavy atom. The largest absolute Gasteiger partial charge is 0.475 e. The molecule has 1 aliphatic carbocycles. The van der Waals surface area contributed by atoms with E-state index in [4.69, 9.17) is 15.0 Å². The molecule has 4 heteroatoms. The van der Waals surface area contributed by atoms with E-state index in [1.165, 1.54) is 12.8 Å². The molecule has 0 aromatic heterocycles. The van der Waals surface area contributed by atoms with Gasteiger partial charge in [0, 0.05) is 5.94 Å². The van der Waals surface area contributed by atoms with Gasteiger partial charge in [0.1, 0.15) is 0 Å². The Balaban J connectivity index is 1.93. The van der Waals surface area contributed by atoms with Gasteiger partial charge in [-0.25, -0.2) is 0 Å². The summed E-state index contributed by atoms with van der Waals surface area (Å²) < 4.78 is 12.3. The lowest BCUT2D eigenvalue weighted by molar-refractivity contribution is -0.00478. The van der Waals surface area contributed by atoms with Crippen molar-refractivity contribution in [2.24, 2.45) is 23.0 Å². The van der Waals surface area contributed by atoms with Crippen LogP contribution in [0.2, 0.25) is 0 Å². The first-order valence-electron chi connectivity index (χ1n) is 8.20. The van der Waals surface area contributed by atoms with Crippen molar-refractivity contribution < 1.29 is 9.31 Å². The first-order chi connectivity index (χ1) is 9.12. The molecule has 0 spiro atoms. The van der Waals surface area contributed by atoms with Crippen LogP contribution in [0.15, 0.2) is 0 Å². The molecule has 0 aromatic rings. The highest BCUT2D eigenvalue weighted by atomic mass is 16.7. The maximum absolute atomic E-state index is 6.24. The van der Waals surface area contributed by atoms with E-state index in [1.807, 2.05) is 0 Å². The number of rotatable bonds is 5. The van der Waals surface area contributed by atoms with Crippen molar-refractivity contribution in [1.82, 2.24) is 0 Å². The molecule has 3 atom stereocenters. The van der Waals surface area contributed by atoms with Gasteiger partial charge in [0.15, 0.2) is 0 Å². The predicted molar refractivity (Wildman–Crippen MR) is 84.3 cm³/mol. The molecule has 20 heavy (non-hydrogen) atoms. The lowest BCUT2D eigenvalue weighted by Crippen LogP contribution is -2.42. The van der Waals surface area contributed by atoms with Crippen LogP contribution < -0.4 is 5.73 Å². The molecule has 0 aromatic carbocycles. The van der Waals surface area contributed by atoms with Crippen LogP contribution >= 0.6 is 0 Å². The Morgan fingerprint density at radius 2 is 1.90 bits per heavy atom. The van der Waals surface area contributed by atoms with Gasteiger partial charge in [0.2, 0.25) is 0 Å². The normalized spacial score (nSPS) is 33.3. The molecular formula is C16H32BNO2. The summed E-state index contributed by atoms with van der Waals surface area (Å²) in [5.74, 6) is 1.31. The lowest BCUT2D eigenvalue weighted by atomic mass is 9.60. The summed E-state index contributed by atoms with van der Waals surface area (Å²) >= 11 is 0. The second-order valence-corrected chi connectivity index (χ2v) is 8.47. The minimum atomic E-state index is -0.236. The maximum Gasteiger partial charge on any atom is 0.475 e. The Bertz CT molecular complexity index is 343. The van der Waals surface area contributed by atoms with Crippen molar-refractivity contribution in [2.75, 3.05) is 0 Å². The van der Waals surface area contributed by atoms with Gasteiger partial charge in [-0.15, -0.1) is 0 Å². The van der Waals surface area contributed by atoms with E-state index in [-0.39, 0.29) is 24.8 Å². The van der Waals surface area contributed by atoms with Crippen LogP contribution in [0.3, 0.4) is 0 Å². The zero-order chi connectivity index (χ0) is 15.1. The molecule has 2 aliphatic rings. The van der Waals surface area contributed by atoms with Crippen LogP contribution in [0.1, 0.15) is 67.2 Å². The fourth-order valence-corrected chi connectivity index (χ4v) is 3.53. The van der Waals surface area contributed by atoms with E-state index >= 15 is 0 Å². The first-order valence-corrected chi connectivity index (χ1v) is 8.20. The van der Waals surface area contributed by atoms with E-state index in [0.29, 0.717) is 11.3 Å². The van der Waals surface area contributed by atoms with Crippen molar-refractivity contribution in [3.8, 4) is 0 Å². The molecule has 2 fully saturated rings. The maximum atomic E-state index is 6.24. The molecule has 3 nitrogen and oxygen atoms in total. The second-order valence-electron chi connectivity index (χ2n) is 8.47. The third-order valence-corrected chi connectivity index (χ3v) is 5.33. The second kappa shape index (κ2) is 5.62. The Kier molecular flexibility index (Phi) is 4.59. The summed E-state index contributed by atoms with van der Waals surface area (Å²) in [4.78, 5) is 0. The third kappa shape index (κ3) is 3.40. The smallest absolute Gasteiger partial charge is 0.404 e. The molecule has 1 saturated heterocycles. The fraction of sp³-hybridized carbons (Fsp3) is 1.00. The van der Waals surface area contributed by atoms with Crippen LogP contribution in [0.4, 0.5) is 0 Å². The average Bonchev–Trinajstić information content (AvgIpc) is 2.59. The summed E-state index contributed by atoms with van der Waals surface area (Å²) in [6.45, 7) is 13.4. The monoisotopic (exact) mass is 281 g/mol. The molecule has 0 radical (unpaired) electrons. The zero-order valence-corrected chi connectivity index (χ0v) is 14.1. The van der Waals surface area contributed by atoms with Crippen molar-refractivity contribution in [3.63, 3.8) is 0 Å². The van der Waals surface area contributed by atoms with Crippen LogP contribution in [-0.4, -0.2) is 24.8 Å². The van der Waals surface area contributed by atoms with Crippen molar-refractivity contribution in [3.05, 3.63) is 0 Å². The number of nitrogens with two attached hydrogens (primary N) is 1. The van der Waals surface area contributed by atoms with Crippen LogP contribution in [-0.2, 0) is 9.31 Å². The number of hydrogen-bond donors (Lipinski definition) is 1. The molecule has 0 unspecified atom stereocenters. The summed E-state index contributed by atoms with van der Waals surface area (Å²) in [5, 5.41) is 0. The van der Waals surface area contributed by atoms with E-state index in [0.717, 1.165) is 18.8 Å². The van der Waals surface area contributed by atoms with Gasteiger partial charge in [0.25, 0.3) is 0 Å². The summed E-state index contributed by atoms with van der Waals surface area (Å²) in [6.07, 6.45) is 4.89. The Hall–Kier alpha value is -0.0551. The minimum absolute atomic E-state index is 0.0197. The zero-order valence-electron chi connectivity index (χ0n) is 14.1. The Labute approximate surface area is 125 Å². The van der Waals surface area contributed by atoms with Crippen LogP contribution in [0.25, 0.3) is 0 Å². The topological polar surface area (TPSA) is 44.5 Å². The highest BCUT2D eigenvalue weighted by molar-refractivity contribution is 6.47. The van der Waals surface area contributed by atoms with E-state index in [9.17, 15) is 0 Å². The van der Waals surface area contributed by atoms with Gasteiger partial charge in [-0.05, 0) is 56.8 Å². The van der Waals surface area contributed by atoms with Gasteiger partial charge >= 0.3 is 7.12 Å². The van der Waals surface area contributed by atoms with Gasteiger partial charge in [-0.3, -0.25) is 0 Å². The van der Waals surface area contributed by atoms with Crippen molar-refractivity contribution >= 4 is 7.12 Å². The summed E-state index contributed by atoms with van der Waals surface area (Å²) in [5.41, 5.74) is 6.50. The number of hydrogen-bond acceptors (Lipinski definition) is 3. The molecule has 0 amide bonds. The molecule has 2 N–H and O–H groups in total. The third-order valence-electron chi connectivity index (χ3n) is 5.33. The molecular weight excluding hydrogens is 249 g/mol. The van der Waals surface area contributed by atoms with Crippen molar-refractivity contribution in [1.29, 1.82) is 0 Å². The standard InChI is InChI=1S/C16H32BNO2/c1-11(2)9-14(18)17-19-13(16(5,6)20-17)10-12-7-8-15(12,3)4/h11-14H,7-10,18H2,1-6H3/t12-,13+,14-/m0/s1. The van der Waals surface area contributed by atoms with Gasteiger partial charge in [-0.1, -0.05) is 27.7 Å². The first kappa shape index (κ1) is 16.3. The lowest BCUT2D eigenvalue weighted by Gasteiger charge is -2.46. The van der Waals surface area contributed by atoms with Crippen molar-refractivity contribution in [2.45, 2.75) is 84.9 Å².